The van der Waals surface area contributed by atoms with Gasteiger partial charge in [0.2, 0.25) is 5.91 Å². The second-order valence-electron chi connectivity index (χ2n) is 8.75. The molecule has 1 radical (unpaired) electrons. The Morgan fingerprint density at radius 1 is 1.21 bits per heavy atom. The number of carbonyl (C=O) groups is 2. The molecule has 28 heavy (non-hydrogen) atoms. The van der Waals surface area contributed by atoms with Gasteiger partial charge < -0.3 is 20.5 Å². The Labute approximate surface area is 167 Å². The van der Waals surface area contributed by atoms with Crippen LogP contribution in [0, 0.1) is 6.42 Å². The van der Waals surface area contributed by atoms with E-state index in [0.29, 0.717) is 45.2 Å². The molecule has 0 saturated carbocycles. The summed E-state index contributed by atoms with van der Waals surface area (Å²) < 4.78 is 5.51. The van der Waals surface area contributed by atoms with Gasteiger partial charge >= 0.3 is 0 Å². The van der Waals surface area contributed by atoms with Crippen molar-refractivity contribution in [2.45, 2.75) is 62.3 Å². The minimum absolute atomic E-state index is 0.113. The molecule has 2 amide bonds. The van der Waals surface area contributed by atoms with Gasteiger partial charge in [-0.3, -0.25) is 19.4 Å². The van der Waals surface area contributed by atoms with Gasteiger partial charge in [-0.05, 0) is 44.9 Å². The average Bonchev–Trinajstić information content (AvgIpc) is 3.27. The molecule has 3 unspecified atom stereocenters. The fourth-order valence-corrected chi connectivity index (χ4v) is 5.43. The average molecular weight is 394 g/mol. The van der Waals surface area contributed by atoms with Gasteiger partial charge in [-0.15, -0.1) is 0 Å². The Kier molecular flexibility index (Phi) is 5.92. The van der Waals surface area contributed by atoms with Crippen LogP contribution in [0.25, 0.3) is 0 Å². The van der Waals surface area contributed by atoms with Gasteiger partial charge in [0.05, 0.1) is 6.10 Å². The summed E-state index contributed by atoms with van der Waals surface area (Å²) in [5, 5.41) is 10.7. The van der Waals surface area contributed by atoms with Gasteiger partial charge in [-0.1, -0.05) is 0 Å². The second-order valence-corrected chi connectivity index (χ2v) is 8.75. The number of hydrogen-bond donors (Lipinski definition) is 2. The standard InChI is InChI=1S/C20H33N4O4/c21-19(27)20-6-1-3-15(5-7-20)24(20)14-16(25)13-22-8-10-23(11-9-22)18(26)17-4-2-12-28-17/h1,15-17,25H,2-14H2,(H2,21,27)/t15-,16?,17?,20?/m1/s1. The number of rotatable bonds is 6. The van der Waals surface area contributed by atoms with Crippen molar-refractivity contribution >= 4 is 11.8 Å². The topological polar surface area (TPSA) is 99.3 Å². The highest BCUT2D eigenvalue weighted by molar-refractivity contribution is 5.85. The van der Waals surface area contributed by atoms with Crippen molar-refractivity contribution in [1.29, 1.82) is 0 Å². The molecule has 8 heteroatoms. The number of fused-ring (bicyclic) bond motifs is 2. The molecule has 4 saturated heterocycles. The third-order valence-electron chi connectivity index (χ3n) is 7.03. The number of piperazine rings is 1. The lowest BCUT2D eigenvalue weighted by Gasteiger charge is -2.44. The van der Waals surface area contributed by atoms with E-state index < -0.39 is 11.6 Å². The van der Waals surface area contributed by atoms with Crippen molar-refractivity contribution in [2.75, 3.05) is 45.9 Å². The van der Waals surface area contributed by atoms with Crippen LogP contribution in [0.5, 0.6) is 0 Å². The first kappa shape index (κ1) is 20.1. The predicted octanol–water partition coefficient (Wildman–Crippen LogP) is -0.643. The number of carbonyl (C=O) groups excluding carboxylic acids is 2. The van der Waals surface area contributed by atoms with Gasteiger partial charge in [-0.2, -0.15) is 0 Å². The first-order valence-corrected chi connectivity index (χ1v) is 10.7. The third kappa shape index (κ3) is 3.79. The van der Waals surface area contributed by atoms with Gasteiger partial charge in [0.1, 0.15) is 11.6 Å². The minimum Gasteiger partial charge on any atom is -0.390 e. The lowest BCUT2D eigenvalue weighted by atomic mass is 9.87. The van der Waals surface area contributed by atoms with Crippen LogP contribution in [0.15, 0.2) is 0 Å². The van der Waals surface area contributed by atoms with Crippen molar-refractivity contribution in [2.24, 2.45) is 5.73 Å². The van der Waals surface area contributed by atoms with E-state index in [4.69, 9.17) is 10.5 Å². The number of hydrogen-bond acceptors (Lipinski definition) is 6. The highest BCUT2D eigenvalue weighted by Gasteiger charge is 2.53. The molecule has 2 bridgehead atoms. The SMILES string of the molecule is NC(=O)C12C[CH]C[C@H](CC1)N2CC(O)CN1CCN(C(=O)C2CCCO2)CC1. The number of nitrogens with two attached hydrogens (primary N) is 1. The molecule has 0 aromatic heterocycles. The molecule has 4 rings (SSSR count). The summed E-state index contributed by atoms with van der Waals surface area (Å²) in [7, 11) is 0. The van der Waals surface area contributed by atoms with Crippen molar-refractivity contribution in [3.05, 3.63) is 6.42 Å². The summed E-state index contributed by atoms with van der Waals surface area (Å²) >= 11 is 0. The fraction of sp³-hybridized carbons (Fsp3) is 0.850. The number of piperidine rings is 1. The van der Waals surface area contributed by atoms with Crippen molar-refractivity contribution in [3.8, 4) is 0 Å². The van der Waals surface area contributed by atoms with Gasteiger partial charge in [0, 0.05) is 51.9 Å². The Morgan fingerprint density at radius 3 is 2.68 bits per heavy atom. The molecule has 0 aromatic rings. The number of aliphatic hydroxyl groups is 1. The van der Waals surface area contributed by atoms with Crippen LogP contribution in [0.1, 0.15) is 38.5 Å². The van der Waals surface area contributed by atoms with Crippen LogP contribution >= 0.6 is 0 Å². The molecule has 4 atom stereocenters. The molecule has 4 aliphatic rings. The zero-order valence-corrected chi connectivity index (χ0v) is 16.6. The van der Waals surface area contributed by atoms with E-state index in [9.17, 15) is 14.7 Å². The highest BCUT2D eigenvalue weighted by Crippen LogP contribution is 2.43. The highest BCUT2D eigenvalue weighted by atomic mass is 16.5. The van der Waals surface area contributed by atoms with Crippen LogP contribution in [0.4, 0.5) is 0 Å². The molecule has 4 heterocycles. The van der Waals surface area contributed by atoms with E-state index in [0.717, 1.165) is 45.2 Å². The minimum atomic E-state index is -0.601. The normalized spacial score (nSPS) is 35.2. The Bertz CT molecular complexity index is 585. The summed E-state index contributed by atoms with van der Waals surface area (Å²) in [5.74, 6) is -0.151. The first-order chi connectivity index (χ1) is 13.5. The molecule has 4 aliphatic heterocycles. The monoisotopic (exact) mass is 393 g/mol. The third-order valence-corrected chi connectivity index (χ3v) is 7.03. The maximum atomic E-state index is 12.4. The molecule has 0 aromatic carbocycles. The maximum absolute atomic E-state index is 12.4. The van der Waals surface area contributed by atoms with Crippen molar-refractivity contribution < 1.29 is 19.4 Å². The number of β-amino-alcohol motifs (C(OH)–C–C–N with tert-alkyl or cyclic N) is 1. The van der Waals surface area contributed by atoms with Crippen molar-refractivity contribution in [1.82, 2.24) is 14.7 Å². The van der Waals surface area contributed by atoms with Gasteiger partial charge in [-0.25, -0.2) is 0 Å². The van der Waals surface area contributed by atoms with E-state index in [1.54, 1.807) is 0 Å². The summed E-state index contributed by atoms with van der Waals surface area (Å²) in [4.78, 5) is 30.9. The van der Waals surface area contributed by atoms with Crippen LogP contribution in [-0.2, 0) is 14.3 Å². The summed E-state index contributed by atoms with van der Waals surface area (Å²) in [6.07, 6.45) is 6.59. The maximum Gasteiger partial charge on any atom is 0.251 e. The molecule has 0 aliphatic carbocycles. The van der Waals surface area contributed by atoms with E-state index in [-0.39, 0.29) is 17.9 Å². The number of aliphatic hydroxyl groups excluding tert-OH is 1. The number of primary amides is 1. The van der Waals surface area contributed by atoms with E-state index >= 15 is 0 Å². The summed E-state index contributed by atoms with van der Waals surface area (Å²) in [6.45, 7) is 4.60. The smallest absolute Gasteiger partial charge is 0.251 e. The fourth-order valence-electron chi connectivity index (χ4n) is 5.43. The van der Waals surface area contributed by atoms with Crippen LogP contribution in [0.2, 0.25) is 0 Å². The number of nitrogens with zero attached hydrogens (tertiary/aromatic N) is 3. The van der Waals surface area contributed by atoms with Crippen LogP contribution < -0.4 is 5.73 Å². The molecule has 3 N–H and O–H groups in total. The molecule has 4 fully saturated rings. The van der Waals surface area contributed by atoms with Crippen LogP contribution in [-0.4, -0.2) is 101 Å². The van der Waals surface area contributed by atoms with E-state index in [1.165, 1.54) is 0 Å². The van der Waals surface area contributed by atoms with Crippen molar-refractivity contribution in [3.63, 3.8) is 0 Å². The lowest BCUT2D eigenvalue weighted by molar-refractivity contribution is -0.142. The molecule has 157 valence electrons. The summed E-state index contributed by atoms with van der Waals surface area (Å²) in [6, 6.07) is 0.316. The Hall–Kier alpha value is -1.22. The molecular weight excluding hydrogens is 360 g/mol. The molecular formula is C20H33N4O4. The van der Waals surface area contributed by atoms with Gasteiger partial charge in [0.25, 0.3) is 5.91 Å². The quantitative estimate of drug-likeness (QED) is 0.623. The van der Waals surface area contributed by atoms with Crippen LogP contribution in [0.3, 0.4) is 0 Å². The number of amides is 2. The summed E-state index contributed by atoms with van der Waals surface area (Å²) in [5.41, 5.74) is 5.14. The van der Waals surface area contributed by atoms with E-state index in [1.807, 2.05) is 4.90 Å². The Balaban J connectivity index is 1.26. The first-order valence-electron chi connectivity index (χ1n) is 10.7. The second kappa shape index (κ2) is 8.26. The largest absolute Gasteiger partial charge is 0.390 e. The van der Waals surface area contributed by atoms with Gasteiger partial charge in [0.15, 0.2) is 0 Å². The molecule has 0 spiro atoms. The predicted molar refractivity (Wildman–Crippen MR) is 103 cm³/mol. The Morgan fingerprint density at radius 2 is 2.00 bits per heavy atom. The zero-order valence-electron chi connectivity index (χ0n) is 16.6. The number of ether oxygens (including phenoxy) is 1. The lowest BCUT2D eigenvalue weighted by Crippen LogP contribution is -2.60. The zero-order chi connectivity index (χ0) is 19.7. The molecule has 8 nitrogen and oxygen atoms in total. The van der Waals surface area contributed by atoms with E-state index in [2.05, 4.69) is 16.2 Å².